The van der Waals surface area contributed by atoms with E-state index in [1.54, 1.807) is 0 Å². The van der Waals surface area contributed by atoms with Crippen LogP contribution in [0, 0.1) is 6.92 Å². The van der Waals surface area contributed by atoms with Crippen molar-refractivity contribution in [1.82, 2.24) is 9.55 Å². The number of benzene rings is 1. The van der Waals surface area contributed by atoms with E-state index >= 15 is 0 Å². The molecule has 0 aliphatic carbocycles. The standard InChI is InChI=1S/C15H17ClN2O/c1-11-6-2-3-8-14(11)19-10-12-13-7-4-5-9-18(13)15(16)17-12/h2-3,6,8H,4-5,7,9-10H2,1H3. The number of hydrogen-bond acceptors (Lipinski definition) is 2. The van der Waals surface area contributed by atoms with Crippen molar-refractivity contribution in [3.8, 4) is 5.75 Å². The Balaban J connectivity index is 1.79. The van der Waals surface area contributed by atoms with Gasteiger partial charge in [-0.1, -0.05) is 18.2 Å². The number of halogens is 1. The topological polar surface area (TPSA) is 27.1 Å². The molecule has 4 heteroatoms. The van der Waals surface area contributed by atoms with Gasteiger partial charge in [-0.25, -0.2) is 4.98 Å². The van der Waals surface area contributed by atoms with Gasteiger partial charge >= 0.3 is 0 Å². The summed E-state index contributed by atoms with van der Waals surface area (Å²) in [6.07, 6.45) is 3.44. The molecule has 0 saturated heterocycles. The summed E-state index contributed by atoms with van der Waals surface area (Å²) >= 11 is 6.17. The minimum Gasteiger partial charge on any atom is -0.487 e. The molecule has 3 rings (SSSR count). The average molecular weight is 277 g/mol. The summed E-state index contributed by atoms with van der Waals surface area (Å²) in [6, 6.07) is 8.03. The molecule has 0 radical (unpaired) electrons. The zero-order chi connectivity index (χ0) is 13.2. The molecular formula is C15H17ClN2O. The Bertz CT molecular complexity index is 592. The van der Waals surface area contributed by atoms with E-state index in [1.807, 2.05) is 31.2 Å². The maximum atomic E-state index is 6.17. The Morgan fingerprint density at radius 3 is 3.00 bits per heavy atom. The number of rotatable bonds is 3. The fourth-order valence-corrected chi connectivity index (χ4v) is 2.84. The number of aryl methyl sites for hydroxylation is 1. The summed E-state index contributed by atoms with van der Waals surface area (Å²) in [7, 11) is 0. The fourth-order valence-electron chi connectivity index (χ4n) is 2.55. The zero-order valence-electron chi connectivity index (χ0n) is 11.0. The van der Waals surface area contributed by atoms with Gasteiger partial charge < -0.3 is 9.30 Å². The van der Waals surface area contributed by atoms with Crippen molar-refractivity contribution in [1.29, 1.82) is 0 Å². The van der Waals surface area contributed by atoms with Crippen molar-refractivity contribution >= 4 is 11.6 Å². The Morgan fingerprint density at radius 2 is 2.16 bits per heavy atom. The highest BCUT2D eigenvalue weighted by Crippen LogP contribution is 2.25. The first-order valence-electron chi connectivity index (χ1n) is 6.68. The van der Waals surface area contributed by atoms with E-state index in [4.69, 9.17) is 16.3 Å². The molecule has 0 N–H and O–H groups in total. The van der Waals surface area contributed by atoms with Crippen molar-refractivity contribution in [2.24, 2.45) is 0 Å². The van der Waals surface area contributed by atoms with E-state index in [-0.39, 0.29) is 0 Å². The number of imidazole rings is 1. The Kier molecular flexibility index (Phi) is 3.47. The minimum atomic E-state index is 0.493. The smallest absolute Gasteiger partial charge is 0.203 e. The first-order chi connectivity index (χ1) is 9.25. The van der Waals surface area contributed by atoms with Crippen molar-refractivity contribution in [2.45, 2.75) is 39.3 Å². The Labute approximate surface area is 118 Å². The first kappa shape index (κ1) is 12.5. The molecule has 0 unspecified atom stereocenters. The van der Waals surface area contributed by atoms with E-state index in [9.17, 15) is 0 Å². The number of aromatic nitrogens is 2. The molecule has 0 amide bonds. The summed E-state index contributed by atoms with van der Waals surface area (Å²) in [6.45, 7) is 3.52. The maximum Gasteiger partial charge on any atom is 0.203 e. The van der Waals surface area contributed by atoms with Crippen LogP contribution < -0.4 is 4.74 Å². The lowest BCUT2D eigenvalue weighted by Crippen LogP contribution is -2.11. The second kappa shape index (κ2) is 5.25. The number of ether oxygens (including phenoxy) is 1. The van der Waals surface area contributed by atoms with Gasteiger partial charge in [-0.2, -0.15) is 0 Å². The highest BCUT2D eigenvalue weighted by Gasteiger charge is 2.19. The van der Waals surface area contributed by atoms with E-state index in [0.29, 0.717) is 11.9 Å². The third-order valence-corrected chi connectivity index (χ3v) is 3.90. The summed E-state index contributed by atoms with van der Waals surface area (Å²) < 4.78 is 7.98. The fraction of sp³-hybridized carbons (Fsp3) is 0.400. The summed E-state index contributed by atoms with van der Waals surface area (Å²) in [5, 5.41) is 0.595. The third kappa shape index (κ3) is 2.47. The average Bonchev–Trinajstić information content (AvgIpc) is 2.75. The molecule has 0 saturated carbocycles. The highest BCUT2D eigenvalue weighted by molar-refractivity contribution is 6.28. The molecule has 0 fully saturated rings. The molecule has 0 spiro atoms. The van der Waals surface area contributed by atoms with Crippen LogP contribution >= 0.6 is 11.6 Å². The lowest BCUT2D eigenvalue weighted by atomic mass is 10.1. The van der Waals surface area contributed by atoms with Crippen molar-refractivity contribution < 1.29 is 4.74 Å². The maximum absolute atomic E-state index is 6.17. The molecule has 3 nitrogen and oxygen atoms in total. The predicted molar refractivity (Wildman–Crippen MR) is 75.7 cm³/mol. The molecule has 1 aliphatic heterocycles. The lowest BCUT2D eigenvalue weighted by molar-refractivity contribution is 0.297. The number of para-hydroxylation sites is 1. The van der Waals surface area contributed by atoms with E-state index in [2.05, 4.69) is 9.55 Å². The molecule has 100 valence electrons. The van der Waals surface area contributed by atoms with Gasteiger partial charge in [0.15, 0.2) is 0 Å². The van der Waals surface area contributed by atoms with Crippen LogP contribution in [-0.4, -0.2) is 9.55 Å². The van der Waals surface area contributed by atoms with Crippen molar-refractivity contribution in [2.75, 3.05) is 0 Å². The highest BCUT2D eigenvalue weighted by atomic mass is 35.5. The minimum absolute atomic E-state index is 0.493. The third-order valence-electron chi connectivity index (χ3n) is 3.61. The van der Waals surface area contributed by atoms with Crippen LogP contribution in [-0.2, 0) is 19.6 Å². The molecule has 1 aliphatic rings. The number of nitrogens with zero attached hydrogens (tertiary/aromatic N) is 2. The van der Waals surface area contributed by atoms with Gasteiger partial charge in [0.05, 0.1) is 0 Å². The second-order valence-electron chi connectivity index (χ2n) is 4.94. The van der Waals surface area contributed by atoms with Gasteiger partial charge in [-0.05, 0) is 49.4 Å². The van der Waals surface area contributed by atoms with Crippen molar-refractivity contribution in [3.05, 3.63) is 46.5 Å². The quantitative estimate of drug-likeness (QED) is 0.853. The van der Waals surface area contributed by atoms with Gasteiger partial charge in [0, 0.05) is 12.2 Å². The molecule has 1 aromatic heterocycles. The van der Waals surface area contributed by atoms with E-state index in [1.165, 1.54) is 18.5 Å². The number of fused-ring (bicyclic) bond motifs is 1. The van der Waals surface area contributed by atoms with Gasteiger partial charge in [0.1, 0.15) is 18.1 Å². The Morgan fingerprint density at radius 1 is 1.32 bits per heavy atom. The SMILES string of the molecule is Cc1ccccc1OCc1nc(Cl)n2c1CCCC2. The zero-order valence-corrected chi connectivity index (χ0v) is 11.8. The van der Waals surface area contributed by atoms with Gasteiger partial charge in [0.25, 0.3) is 0 Å². The normalized spacial score (nSPS) is 14.2. The molecule has 2 aromatic rings. The largest absolute Gasteiger partial charge is 0.487 e. The monoisotopic (exact) mass is 276 g/mol. The van der Waals surface area contributed by atoms with Gasteiger partial charge in [-0.3, -0.25) is 0 Å². The van der Waals surface area contributed by atoms with Crippen LogP contribution in [0.25, 0.3) is 0 Å². The van der Waals surface area contributed by atoms with Gasteiger partial charge in [-0.15, -0.1) is 0 Å². The molecule has 2 heterocycles. The second-order valence-corrected chi connectivity index (χ2v) is 5.28. The van der Waals surface area contributed by atoms with Gasteiger partial charge in [0.2, 0.25) is 5.28 Å². The summed E-state index contributed by atoms with van der Waals surface area (Å²) in [5.74, 6) is 0.913. The van der Waals surface area contributed by atoms with E-state index in [0.717, 1.165) is 30.0 Å². The molecule has 19 heavy (non-hydrogen) atoms. The Hall–Kier alpha value is -1.48. The van der Waals surface area contributed by atoms with Crippen LogP contribution in [0.2, 0.25) is 5.28 Å². The van der Waals surface area contributed by atoms with Crippen LogP contribution in [0.1, 0.15) is 29.8 Å². The lowest BCUT2D eigenvalue weighted by Gasteiger charge is -2.16. The van der Waals surface area contributed by atoms with E-state index < -0.39 is 0 Å². The molecule has 1 aromatic carbocycles. The number of hydrogen-bond donors (Lipinski definition) is 0. The summed E-state index contributed by atoms with van der Waals surface area (Å²) in [5.41, 5.74) is 3.36. The summed E-state index contributed by atoms with van der Waals surface area (Å²) in [4.78, 5) is 4.44. The van der Waals surface area contributed by atoms with Crippen LogP contribution in [0.3, 0.4) is 0 Å². The molecule has 0 atom stereocenters. The predicted octanol–water partition coefficient (Wildman–Crippen LogP) is 3.76. The van der Waals surface area contributed by atoms with Crippen molar-refractivity contribution in [3.63, 3.8) is 0 Å². The molecule has 0 bridgehead atoms. The first-order valence-corrected chi connectivity index (χ1v) is 7.05. The van der Waals surface area contributed by atoms with Crippen LogP contribution in [0.5, 0.6) is 5.75 Å². The molecular weight excluding hydrogens is 260 g/mol. The van der Waals surface area contributed by atoms with Crippen LogP contribution in [0.15, 0.2) is 24.3 Å². The van der Waals surface area contributed by atoms with Crippen LogP contribution in [0.4, 0.5) is 0 Å².